The van der Waals surface area contributed by atoms with Crippen molar-refractivity contribution in [3.63, 3.8) is 0 Å². The molecule has 1 heterocycles. The molecule has 0 bridgehead atoms. The highest BCUT2D eigenvalue weighted by Gasteiger charge is 2.19. The third-order valence-electron chi connectivity index (χ3n) is 3.83. The van der Waals surface area contributed by atoms with Gasteiger partial charge in [-0.25, -0.2) is 4.79 Å². The van der Waals surface area contributed by atoms with E-state index in [-0.39, 0.29) is 17.1 Å². The molecule has 0 aliphatic heterocycles. The summed E-state index contributed by atoms with van der Waals surface area (Å²) in [5.74, 6) is -0.0723. The summed E-state index contributed by atoms with van der Waals surface area (Å²) in [5, 5.41) is 10.1. The van der Waals surface area contributed by atoms with Crippen molar-refractivity contribution in [3.05, 3.63) is 53.7 Å². The fourth-order valence-corrected chi connectivity index (χ4v) is 2.50. The number of H-pyrrole nitrogens is 1. The van der Waals surface area contributed by atoms with Crippen LogP contribution in [0.25, 0.3) is 11.3 Å². The Morgan fingerprint density at radius 3 is 2.46 bits per heavy atom. The Hall–Kier alpha value is -3.88. The summed E-state index contributed by atoms with van der Waals surface area (Å²) in [6, 6.07) is 11.3. The number of amides is 1. The minimum absolute atomic E-state index is 0.00502. The minimum Gasteiger partial charge on any atom is -0.497 e. The fraction of sp³-hybridized carbons (Fsp3) is 0.158. The molecule has 9 heteroatoms. The maximum atomic E-state index is 12.4. The van der Waals surface area contributed by atoms with Gasteiger partial charge in [0.2, 0.25) is 0 Å². The van der Waals surface area contributed by atoms with Crippen molar-refractivity contribution in [2.24, 2.45) is 5.73 Å². The number of hydrogen-bond acceptors (Lipinski definition) is 7. The molecule has 1 aromatic heterocycles. The first-order valence-electron chi connectivity index (χ1n) is 8.37. The van der Waals surface area contributed by atoms with Crippen molar-refractivity contribution in [1.82, 2.24) is 15.4 Å². The van der Waals surface area contributed by atoms with Crippen LogP contribution in [-0.4, -0.2) is 41.0 Å². The second-order valence-electron chi connectivity index (χ2n) is 5.60. The quantitative estimate of drug-likeness (QED) is 0.473. The number of nitrogens with zero attached hydrogens (tertiary/aromatic N) is 2. The molecular formula is C19H18N4O5. The van der Waals surface area contributed by atoms with E-state index in [1.54, 1.807) is 56.5 Å². The SMILES string of the molecule is CCOc1cc(-c2n[nH]nc2C(N)=O)ccc1OC(=O)c1ccc(OC)cc1. The van der Waals surface area contributed by atoms with Crippen LogP contribution in [0.4, 0.5) is 0 Å². The van der Waals surface area contributed by atoms with Gasteiger partial charge >= 0.3 is 5.97 Å². The van der Waals surface area contributed by atoms with Gasteiger partial charge in [-0.1, -0.05) is 0 Å². The second kappa shape index (κ2) is 8.21. The summed E-state index contributed by atoms with van der Waals surface area (Å²) < 4.78 is 16.1. The molecule has 0 fully saturated rings. The van der Waals surface area contributed by atoms with Crippen LogP contribution in [0, 0.1) is 0 Å². The van der Waals surface area contributed by atoms with E-state index in [9.17, 15) is 9.59 Å². The Balaban J connectivity index is 1.89. The fourth-order valence-electron chi connectivity index (χ4n) is 2.50. The monoisotopic (exact) mass is 382 g/mol. The number of methoxy groups -OCH3 is 1. The first-order valence-corrected chi connectivity index (χ1v) is 8.37. The zero-order valence-corrected chi connectivity index (χ0v) is 15.3. The van der Waals surface area contributed by atoms with Gasteiger partial charge in [0, 0.05) is 5.56 Å². The molecule has 0 aliphatic rings. The van der Waals surface area contributed by atoms with Crippen molar-refractivity contribution in [2.75, 3.05) is 13.7 Å². The smallest absolute Gasteiger partial charge is 0.343 e. The summed E-state index contributed by atoms with van der Waals surface area (Å²) in [5.41, 5.74) is 6.49. The molecule has 3 N–H and O–H groups in total. The second-order valence-corrected chi connectivity index (χ2v) is 5.60. The molecule has 0 spiro atoms. The van der Waals surface area contributed by atoms with Gasteiger partial charge in [0.05, 0.1) is 19.3 Å². The molecule has 0 aliphatic carbocycles. The topological polar surface area (TPSA) is 129 Å². The molecule has 9 nitrogen and oxygen atoms in total. The van der Waals surface area contributed by atoms with Crippen molar-refractivity contribution >= 4 is 11.9 Å². The number of primary amides is 1. The normalized spacial score (nSPS) is 10.4. The largest absolute Gasteiger partial charge is 0.497 e. The van der Waals surface area contributed by atoms with Crippen LogP contribution >= 0.6 is 0 Å². The molecule has 28 heavy (non-hydrogen) atoms. The zero-order valence-electron chi connectivity index (χ0n) is 15.3. The lowest BCUT2D eigenvalue weighted by Crippen LogP contribution is -2.13. The van der Waals surface area contributed by atoms with Gasteiger partial charge in [0.25, 0.3) is 5.91 Å². The number of carbonyl (C=O) groups is 2. The van der Waals surface area contributed by atoms with Crippen molar-refractivity contribution in [2.45, 2.75) is 6.92 Å². The molecule has 3 rings (SSSR count). The molecule has 0 saturated heterocycles. The van der Waals surface area contributed by atoms with E-state index >= 15 is 0 Å². The lowest BCUT2D eigenvalue weighted by Gasteiger charge is -2.12. The Morgan fingerprint density at radius 2 is 1.82 bits per heavy atom. The molecule has 0 unspecified atom stereocenters. The average molecular weight is 382 g/mol. The van der Waals surface area contributed by atoms with Crippen molar-refractivity contribution in [1.29, 1.82) is 0 Å². The van der Waals surface area contributed by atoms with Gasteiger partial charge < -0.3 is 19.9 Å². The van der Waals surface area contributed by atoms with E-state index in [0.717, 1.165) is 0 Å². The van der Waals surface area contributed by atoms with E-state index < -0.39 is 11.9 Å². The van der Waals surface area contributed by atoms with Crippen molar-refractivity contribution in [3.8, 4) is 28.5 Å². The number of benzene rings is 2. The van der Waals surface area contributed by atoms with E-state index in [2.05, 4.69) is 15.4 Å². The summed E-state index contributed by atoms with van der Waals surface area (Å²) >= 11 is 0. The number of nitrogens with two attached hydrogens (primary N) is 1. The highest BCUT2D eigenvalue weighted by atomic mass is 16.6. The van der Waals surface area contributed by atoms with E-state index in [1.807, 2.05) is 0 Å². The standard InChI is InChI=1S/C19H18N4O5/c1-3-27-15-10-12(16-17(18(20)24)22-23-21-16)6-9-14(15)28-19(25)11-4-7-13(26-2)8-5-11/h4-10H,3H2,1-2H3,(H2,20,24)(H,21,22,23). The minimum atomic E-state index is -0.711. The predicted octanol–water partition coefficient (Wildman–Crippen LogP) is 2.20. The number of aromatic nitrogens is 3. The first-order chi connectivity index (χ1) is 13.5. The van der Waals surface area contributed by atoms with Gasteiger partial charge in [0.1, 0.15) is 11.4 Å². The zero-order chi connectivity index (χ0) is 20.1. The molecule has 3 aromatic rings. The number of esters is 1. The number of aromatic amines is 1. The van der Waals surface area contributed by atoms with Gasteiger partial charge in [-0.15, -0.1) is 0 Å². The van der Waals surface area contributed by atoms with E-state index in [4.69, 9.17) is 19.9 Å². The van der Waals surface area contributed by atoms with Crippen LogP contribution in [0.15, 0.2) is 42.5 Å². The van der Waals surface area contributed by atoms with Gasteiger partial charge in [0.15, 0.2) is 17.2 Å². The predicted molar refractivity (Wildman–Crippen MR) is 99.5 cm³/mol. The van der Waals surface area contributed by atoms with Crippen LogP contribution in [0.1, 0.15) is 27.8 Å². The number of carbonyl (C=O) groups excluding carboxylic acids is 2. The summed E-state index contributed by atoms with van der Waals surface area (Å²) in [7, 11) is 1.54. The van der Waals surface area contributed by atoms with Crippen LogP contribution < -0.4 is 19.9 Å². The highest BCUT2D eigenvalue weighted by Crippen LogP contribution is 2.33. The molecule has 0 saturated carbocycles. The van der Waals surface area contributed by atoms with Gasteiger partial charge in [-0.05, 0) is 49.4 Å². The van der Waals surface area contributed by atoms with Crippen LogP contribution in [0.2, 0.25) is 0 Å². The Labute approximate surface area is 160 Å². The molecular weight excluding hydrogens is 364 g/mol. The molecule has 1 amide bonds. The van der Waals surface area contributed by atoms with Crippen LogP contribution in [-0.2, 0) is 0 Å². The maximum absolute atomic E-state index is 12.4. The molecule has 0 radical (unpaired) electrons. The Bertz CT molecular complexity index is 998. The number of nitrogens with one attached hydrogen (secondary N) is 1. The van der Waals surface area contributed by atoms with Crippen molar-refractivity contribution < 1.29 is 23.8 Å². The average Bonchev–Trinajstić information content (AvgIpc) is 3.20. The molecule has 2 aromatic carbocycles. The lowest BCUT2D eigenvalue weighted by molar-refractivity contribution is 0.0728. The van der Waals surface area contributed by atoms with Crippen LogP contribution in [0.5, 0.6) is 17.2 Å². The lowest BCUT2D eigenvalue weighted by atomic mass is 10.1. The third kappa shape index (κ3) is 3.93. The number of hydrogen-bond donors (Lipinski definition) is 2. The third-order valence-corrected chi connectivity index (χ3v) is 3.83. The maximum Gasteiger partial charge on any atom is 0.343 e. The Morgan fingerprint density at radius 1 is 1.07 bits per heavy atom. The van der Waals surface area contributed by atoms with E-state index in [1.165, 1.54) is 0 Å². The molecule has 144 valence electrons. The number of ether oxygens (including phenoxy) is 3. The van der Waals surface area contributed by atoms with E-state index in [0.29, 0.717) is 29.2 Å². The molecule has 0 atom stereocenters. The summed E-state index contributed by atoms with van der Waals surface area (Å²) in [6.07, 6.45) is 0. The first kappa shape index (κ1) is 18.9. The Kier molecular flexibility index (Phi) is 5.54. The summed E-state index contributed by atoms with van der Waals surface area (Å²) in [6.45, 7) is 2.14. The highest BCUT2D eigenvalue weighted by molar-refractivity contribution is 5.97. The van der Waals surface area contributed by atoms with Gasteiger partial charge in [-0.3, -0.25) is 4.79 Å². The van der Waals surface area contributed by atoms with Crippen LogP contribution in [0.3, 0.4) is 0 Å². The van der Waals surface area contributed by atoms with Gasteiger partial charge in [-0.2, -0.15) is 15.4 Å². The summed E-state index contributed by atoms with van der Waals surface area (Å²) in [4.78, 5) is 23.9. The number of rotatable bonds is 7.